The number of ether oxygens (including phenoxy) is 1. The first-order chi connectivity index (χ1) is 21.3. The van der Waals surface area contributed by atoms with Gasteiger partial charge in [-0.1, -0.05) is 23.7 Å². The summed E-state index contributed by atoms with van der Waals surface area (Å²) >= 11 is 6.87. The third kappa shape index (κ3) is 4.44. The van der Waals surface area contributed by atoms with E-state index in [1.54, 1.807) is 24.3 Å². The smallest absolute Gasteiger partial charge is 0.319 e. The van der Waals surface area contributed by atoms with Crippen molar-refractivity contribution in [2.75, 3.05) is 37.7 Å². The van der Waals surface area contributed by atoms with Crippen LogP contribution >= 0.6 is 11.6 Å². The predicted molar refractivity (Wildman–Crippen MR) is 165 cm³/mol. The van der Waals surface area contributed by atoms with Crippen molar-refractivity contribution in [2.45, 2.75) is 55.9 Å². The van der Waals surface area contributed by atoms with Gasteiger partial charge in [-0.25, -0.2) is 8.78 Å². The molecular formula is C33H31ClF2N6O2. The van der Waals surface area contributed by atoms with Crippen LogP contribution in [0.2, 0.25) is 5.02 Å². The molecule has 3 aromatic carbocycles. The van der Waals surface area contributed by atoms with Gasteiger partial charge in [0.2, 0.25) is 0 Å². The number of anilines is 1. The molecule has 2 bridgehead atoms. The lowest BCUT2D eigenvalue weighted by Gasteiger charge is -2.34. The fraction of sp³-hybridized carbons (Fsp3) is 0.424. The second kappa shape index (κ2) is 10.4. The summed E-state index contributed by atoms with van der Waals surface area (Å²) in [6, 6.07) is 12.6. The van der Waals surface area contributed by atoms with Crippen LogP contribution in [0.1, 0.15) is 37.7 Å². The lowest BCUT2D eigenvalue weighted by atomic mass is 9.93. The number of halogens is 3. The Labute approximate surface area is 258 Å². The van der Waals surface area contributed by atoms with Crippen molar-refractivity contribution < 1.29 is 18.6 Å². The number of aromatic hydroxyl groups is 1. The summed E-state index contributed by atoms with van der Waals surface area (Å²) in [5.74, 6) is -0.223. The van der Waals surface area contributed by atoms with Crippen LogP contribution in [0, 0.1) is 17.1 Å². The zero-order valence-electron chi connectivity index (χ0n) is 24.0. The van der Waals surface area contributed by atoms with E-state index < -0.39 is 17.5 Å². The number of alkyl halides is 1. The van der Waals surface area contributed by atoms with Gasteiger partial charge in [-0.05, 0) is 67.4 Å². The van der Waals surface area contributed by atoms with Crippen LogP contribution in [0.3, 0.4) is 0 Å². The van der Waals surface area contributed by atoms with Gasteiger partial charge >= 0.3 is 6.01 Å². The van der Waals surface area contributed by atoms with E-state index in [0.29, 0.717) is 71.2 Å². The molecule has 0 radical (unpaired) electrons. The normalized spacial score (nSPS) is 26.4. The van der Waals surface area contributed by atoms with E-state index in [9.17, 15) is 14.8 Å². The maximum absolute atomic E-state index is 16.9. The van der Waals surface area contributed by atoms with Crippen molar-refractivity contribution >= 4 is 39.1 Å². The van der Waals surface area contributed by atoms with Crippen molar-refractivity contribution in [1.29, 1.82) is 5.26 Å². The molecule has 11 heteroatoms. The molecule has 0 aliphatic carbocycles. The number of fused-ring (bicyclic) bond motifs is 5. The Morgan fingerprint density at radius 1 is 1.16 bits per heavy atom. The Kier molecular flexibility index (Phi) is 6.56. The van der Waals surface area contributed by atoms with Crippen molar-refractivity contribution in [2.24, 2.45) is 0 Å². The quantitative estimate of drug-likeness (QED) is 0.294. The fourth-order valence-corrected chi connectivity index (χ4v) is 8.33. The third-order valence-corrected chi connectivity index (χ3v) is 10.2. The predicted octanol–water partition coefficient (Wildman–Crippen LogP) is 5.72. The summed E-state index contributed by atoms with van der Waals surface area (Å²) in [5, 5.41) is 25.7. The van der Waals surface area contributed by atoms with Gasteiger partial charge in [0.25, 0.3) is 0 Å². The van der Waals surface area contributed by atoms with Gasteiger partial charge in [-0.3, -0.25) is 4.90 Å². The van der Waals surface area contributed by atoms with Gasteiger partial charge < -0.3 is 20.1 Å². The van der Waals surface area contributed by atoms with E-state index in [0.717, 1.165) is 32.2 Å². The van der Waals surface area contributed by atoms with Crippen LogP contribution < -0.4 is 15.0 Å². The zero-order chi connectivity index (χ0) is 30.2. The number of nitriles is 1. The molecular weight excluding hydrogens is 586 g/mol. The molecule has 5 heterocycles. The Bertz CT molecular complexity index is 1850. The highest BCUT2D eigenvalue weighted by Gasteiger charge is 2.49. The molecule has 0 spiro atoms. The largest absolute Gasteiger partial charge is 0.508 e. The summed E-state index contributed by atoms with van der Waals surface area (Å²) in [7, 11) is 0. The van der Waals surface area contributed by atoms with Gasteiger partial charge in [-0.15, -0.1) is 0 Å². The number of hydrogen-bond donors (Lipinski definition) is 2. The Hall–Kier alpha value is -3.78. The van der Waals surface area contributed by atoms with Crippen LogP contribution in [0.25, 0.3) is 32.8 Å². The topological polar surface area (TPSA) is 97.5 Å². The van der Waals surface area contributed by atoms with E-state index in [1.165, 1.54) is 12.1 Å². The molecule has 2 unspecified atom stereocenters. The Morgan fingerprint density at radius 3 is 2.77 bits per heavy atom. The van der Waals surface area contributed by atoms with Crippen LogP contribution in [0.5, 0.6) is 11.8 Å². The average molecular weight is 617 g/mol. The molecule has 226 valence electrons. The lowest BCUT2D eigenvalue weighted by Crippen LogP contribution is -2.51. The van der Waals surface area contributed by atoms with E-state index in [2.05, 4.69) is 26.2 Å². The second-order valence-electron chi connectivity index (χ2n) is 12.7. The number of benzene rings is 3. The number of nitrogens with one attached hydrogen (secondary N) is 1. The van der Waals surface area contributed by atoms with Crippen LogP contribution in [0.15, 0.2) is 36.4 Å². The average Bonchev–Trinajstić information content (AvgIpc) is 3.65. The Balaban J connectivity index is 1.29. The van der Waals surface area contributed by atoms with Gasteiger partial charge in [-0.2, -0.15) is 15.2 Å². The zero-order valence-corrected chi connectivity index (χ0v) is 24.7. The molecule has 4 atom stereocenters. The van der Waals surface area contributed by atoms with Crippen molar-refractivity contribution in [3.63, 3.8) is 0 Å². The standard InChI is InChI=1S/C33H31ClF2N6O2/c34-26-11-25-30(29(36)28(26)24-10-23(43)9-18-3-1-4-19(13-37)27(18)24)39-32(40-31(25)41-15-21-5-6-22(16-41)38-21)44-17-33-7-2-8-42(33)14-20(35)12-33/h1,3-4,9-11,20-22,38,43H,2,5-8,12,14-17H2/t20-,21?,22?,33+/m1/s1. The first-order valence-corrected chi connectivity index (χ1v) is 15.6. The summed E-state index contributed by atoms with van der Waals surface area (Å²) in [5.41, 5.74) is 0.293. The van der Waals surface area contributed by atoms with Gasteiger partial charge in [0.15, 0.2) is 5.82 Å². The van der Waals surface area contributed by atoms with Crippen LogP contribution in [-0.2, 0) is 0 Å². The molecule has 0 amide bonds. The highest BCUT2D eigenvalue weighted by atomic mass is 35.5. The number of phenolic OH excluding ortho intramolecular Hbond substituents is 1. The number of rotatable bonds is 5. The van der Waals surface area contributed by atoms with Gasteiger partial charge in [0, 0.05) is 54.5 Å². The number of hydrogen-bond acceptors (Lipinski definition) is 8. The maximum atomic E-state index is 16.9. The monoisotopic (exact) mass is 616 g/mol. The highest BCUT2D eigenvalue weighted by Crippen LogP contribution is 2.44. The first-order valence-electron chi connectivity index (χ1n) is 15.2. The molecule has 4 saturated heterocycles. The molecule has 44 heavy (non-hydrogen) atoms. The summed E-state index contributed by atoms with van der Waals surface area (Å²) < 4.78 is 37.6. The van der Waals surface area contributed by atoms with Crippen LogP contribution in [0.4, 0.5) is 14.6 Å². The maximum Gasteiger partial charge on any atom is 0.319 e. The number of nitrogens with zero attached hydrogens (tertiary/aromatic N) is 5. The summed E-state index contributed by atoms with van der Waals surface area (Å²) in [6.07, 6.45) is 3.41. The minimum absolute atomic E-state index is 0.0348. The molecule has 0 saturated carbocycles. The highest BCUT2D eigenvalue weighted by molar-refractivity contribution is 6.35. The number of piperazine rings is 1. The lowest BCUT2D eigenvalue weighted by molar-refractivity contribution is 0.107. The molecule has 8 rings (SSSR count). The van der Waals surface area contributed by atoms with Crippen molar-refractivity contribution in [3.8, 4) is 29.0 Å². The minimum atomic E-state index is -0.902. The van der Waals surface area contributed by atoms with E-state index in [-0.39, 0.29) is 34.5 Å². The fourth-order valence-electron chi connectivity index (χ4n) is 8.03. The molecule has 2 N–H and O–H groups in total. The van der Waals surface area contributed by atoms with E-state index in [4.69, 9.17) is 21.3 Å². The van der Waals surface area contributed by atoms with E-state index >= 15 is 4.39 Å². The third-order valence-electron chi connectivity index (χ3n) is 9.94. The SMILES string of the molecule is N#Cc1cccc2cc(O)cc(-c3c(Cl)cc4c(N5CC6CCC(C5)N6)nc(OC[C@@]56CCCN5C[C@H](F)C6)nc4c3F)c12. The van der Waals surface area contributed by atoms with Gasteiger partial charge in [0.05, 0.1) is 22.2 Å². The summed E-state index contributed by atoms with van der Waals surface area (Å²) in [6.45, 7) is 2.85. The van der Waals surface area contributed by atoms with Gasteiger partial charge in [0.1, 0.15) is 29.9 Å². The van der Waals surface area contributed by atoms with Crippen molar-refractivity contribution in [1.82, 2.24) is 20.2 Å². The van der Waals surface area contributed by atoms with E-state index in [1.807, 2.05) is 0 Å². The Morgan fingerprint density at radius 2 is 1.98 bits per heavy atom. The van der Waals surface area contributed by atoms with Crippen LogP contribution in [-0.4, -0.2) is 76.6 Å². The molecule has 4 aliphatic heterocycles. The molecule has 4 fully saturated rings. The molecule has 8 nitrogen and oxygen atoms in total. The summed E-state index contributed by atoms with van der Waals surface area (Å²) in [4.78, 5) is 13.7. The number of phenols is 1. The van der Waals surface area contributed by atoms with Crippen molar-refractivity contribution in [3.05, 3.63) is 52.8 Å². The minimum Gasteiger partial charge on any atom is -0.508 e. The number of aromatic nitrogens is 2. The second-order valence-corrected chi connectivity index (χ2v) is 13.1. The first kappa shape index (κ1) is 27.7. The molecule has 4 aromatic rings. The molecule has 4 aliphatic rings. The molecule has 1 aromatic heterocycles.